The van der Waals surface area contributed by atoms with Crippen molar-refractivity contribution in [3.63, 3.8) is 0 Å². The summed E-state index contributed by atoms with van der Waals surface area (Å²) in [5.41, 5.74) is 2.42. The Kier molecular flexibility index (Phi) is 5.79. The Bertz CT molecular complexity index is 373. The topological polar surface area (TPSA) is 29.9 Å². The van der Waals surface area contributed by atoms with Gasteiger partial charge in [0.15, 0.2) is 0 Å². The molecule has 0 spiro atoms. The van der Waals surface area contributed by atoms with Gasteiger partial charge in [0.1, 0.15) is 0 Å². The molecule has 1 unspecified atom stereocenters. The van der Waals surface area contributed by atoms with E-state index in [2.05, 4.69) is 36.2 Å². The lowest BCUT2D eigenvalue weighted by molar-refractivity contribution is 0.469. The Morgan fingerprint density at radius 3 is 2.82 bits per heavy atom. The Balaban J connectivity index is 2.74. The van der Waals surface area contributed by atoms with E-state index >= 15 is 0 Å². The van der Waals surface area contributed by atoms with Crippen LogP contribution in [0.2, 0.25) is 0 Å². The van der Waals surface area contributed by atoms with Crippen LogP contribution in [0.15, 0.2) is 6.07 Å². The van der Waals surface area contributed by atoms with Gasteiger partial charge in [0, 0.05) is 19.5 Å². The van der Waals surface area contributed by atoms with Crippen LogP contribution in [0.3, 0.4) is 0 Å². The number of hydrogen-bond donors (Lipinski definition) is 1. The van der Waals surface area contributed by atoms with Crippen molar-refractivity contribution in [2.75, 3.05) is 6.54 Å². The maximum Gasteiger partial charge on any atom is 0.0625 e. The van der Waals surface area contributed by atoms with E-state index in [1.54, 1.807) is 0 Å². The Morgan fingerprint density at radius 1 is 1.53 bits per heavy atom. The summed E-state index contributed by atoms with van der Waals surface area (Å²) in [4.78, 5) is 0. The van der Waals surface area contributed by atoms with Crippen LogP contribution in [0.5, 0.6) is 0 Å². The minimum absolute atomic E-state index is 0.367. The lowest BCUT2D eigenvalue weighted by Gasteiger charge is -2.17. The molecule has 0 aliphatic heterocycles. The molecule has 0 radical (unpaired) electrons. The molecule has 0 bridgehead atoms. The average molecular weight is 233 g/mol. The quantitative estimate of drug-likeness (QED) is 0.579. The molecule has 0 saturated heterocycles. The van der Waals surface area contributed by atoms with Crippen LogP contribution >= 0.6 is 0 Å². The predicted molar refractivity (Wildman–Crippen MR) is 71.7 cm³/mol. The third kappa shape index (κ3) is 3.90. The van der Waals surface area contributed by atoms with Gasteiger partial charge in [0.2, 0.25) is 0 Å². The van der Waals surface area contributed by atoms with E-state index in [1.165, 1.54) is 5.69 Å². The van der Waals surface area contributed by atoms with E-state index in [-0.39, 0.29) is 0 Å². The van der Waals surface area contributed by atoms with Crippen LogP contribution < -0.4 is 5.32 Å². The molecule has 1 rings (SSSR count). The van der Waals surface area contributed by atoms with Gasteiger partial charge < -0.3 is 5.32 Å². The number of nitrogens with zero attached hydrogens (tertiary/aromatic N) is 2. The second kappa shape index (κ2) is 7.13. The third-order valence-corrected chi connectivity index (χ3v) is 2.95. The van der Waals surface area contributed by atoms with Crippen molar-refractivity contribution in [2.45, 2.75) is 45.6 Å². The lowest BCUT2D eigenvalue weighted by Crippen LogP contribution is -2.23. The third-order valence-electron chi connectivity index (χ3n) is 2.95. The molecule has 1 heterocycles. The van der Waals surface area contributed by atoms with Crippen LogP contribution in [0.4, 0.5) is 0 Å². The number of aryl methyl sites for hydroxylation is 2. The van der Waals surface area contributed by atoms with Crippen LogP contribution in [-0.2, 0) is 13.5 Å². The monoisotopic (exact) mass is 233 g/mol. The van der Waals surface area contributed by atoms with Gasteiger partial charge in [-0.25, -0.2) is 0 Å². The Labute approximate surface area is 105 Å². The highest BCUT2D eigenvalue weighted by molar-refractivity contribution is 5.14. The molecule has 3 heteroatoms. The van der Waals surface area contributed by atoms with Gasteiger partial charge in [-0.05, 0) is 31.9 Å². The van der Waals surface area contributed by atoms with Crippen molar-refractivity contribution in [3.8, 4) is 12.3 Å². The van der Waals surface area contributed by atoms with Gasteiger partial charge in [-0.3, -0.25) is 4.68 Å². The second-order valence-electron chi connectivity index (χ2n) is 4.24. The molecule has 1 aromatic heterocycles. The van der Waals surface area contributed by atoms with E-state index in [1.807, 2.05) is 11.7 Å². The van der Waals surface area contributed by atoms with Crippen LogP contribution in [0.25, 0.3) is 0 Å². The Hall–Kier alpha value is -1.27. The van der Waals surface area contributed by atoms with Crippen molar-refractivity contribution in [3.05, 3.63) is 17.5 Å². The smallest absolute Gasteiger partial charge is 0.0625 e. The molecule has 0 aliphatic rings. The van der Waals surface area contributed by atoms with Gasteiger partial charge in [0.05, 0.1) is 11.4 Å². The number of terminal acetylenes is 1. The SMILES string of the molecule is C#CCCCC(NCC)c1cc(CC)nn1C. The zero-order valence-corrected chi connectivity index (χ0v) is 11.2. The predicted octanol–water partition coefficient (Wildman–Crippen LogP) is 2.44. The van der Waals surface area contributed by atoms with Crippen molar-refractivity contribution < 1.29 is 0 Å². The van der Waals surface area contributed by atoms with Gasteiger partial charge in [-0.2, -0.15) is 5.10 Å². The summed E-state index contributed by atoms with van der Waals surface area (Å²) in [5.74, 6) is 2.70. The summed E-state index contributed by atoms with van der Waals surface area (Å²) in [5, 5.41) is 8.00. The zero-order valence-electron chi connectivity index (χ0n) is 11.2. The first kappa shape index (κ1) is 13.8. The van der Waals surface area contributed by atoms with E-state index in [0.717, 1.165) is 37.9 Å². The molecule has 0 amide bonds. The number of rotatable bonds is 7. The highest BCUT2D eigenvalue weighted by atomic mass is 15.3. The summed E-state index contributed by atoms with van der Waals surface area (Å²) < 4.78 is 1.99. The summed E-state index contributed by atoms with van der Waals surface area (Å²) in [6, 6.07) is 2.56. The second-order valence-corrected chi connectivity index (χ2v) is 4.24. The van der Waals surface area contributed by atoms with Gasteiger partial charge >= 0.3 is 0 Å². The average Bonchev–Trinajstić information content (AvgIpc) is 2.70. The van der Waals surface area contributed by atoms with E-state index in [4.69, 9.17) is 6.42 Å². The summed E-state index contributed by atoms with van der Waals surface area (Å²) in [6.45, 7) is 5.23. The molecule has 1 aromatic rings. The largest absolute Gasteiger partial charge is 0.309 e. The maximum absolute atomic E-state index is 5.29. The molecule has 0 aliphatic carbocycles. The van der Waals surface area contributed by atoms with E-state index in [9.17, 15) is 0 Å². The zero-order chi connectivity index (χ0) is 12.7. The standard InChI is InChI=1S/C14H23N3/c1-5-8-9-10-13(15-7-3)14-11-12(6-2)16-17(14)4/h1,11,13,15H,6-10H2,2-4H3. The fraction of sp³-hybridized carbons (Fsp3) is 0.643. The van der Waals surface area contributed by atoms with Crippen molar-refractivity contribution in [2.24, 2.45) is 7.05 Å². The van der Waals surface area contributed by atoms with Crippen LogP contribution in [-0.4, -0.2) is 16.3 Å². The van der Waals surface area contributed by atoms with E-state index in [0.29, 0.717) is 6.04 Å². The molecular formula is C14H23N3. The van der Waals surface area contributed by atoms with Crippen LogP contribution in [0, 0.1) is 12.3 Å². The van der Waals surface area contributed by atoms with E-state index < -0.39 is 0 Å². The fourth-order valence-corrected chi connectivity index (χ4v) is 2.05. The molecule has 0 fully saturated rings. The Morgan fingerprint density at radius 2 is 2.29 bits per heavy atom. The highest BCUT2D eigenvalue weighted by Gasteiger charge is 2.14. The van der Waals surface area contributed by atoms with Crippen molar-refractivity contribution >= 4 is 0 Å². The lowest BCUT2D eigenvalue weighted by atomic mass is 10.1. The highest BCUT2D eigenvalue weighted by Crippen LogP contribution is 2.20. The molecule has 3 nitrogen and oxygen atoms in total. The van der Waals surface area contributed by atoms with Crippen molar-refractivity contribution in [1.29, 1.82) is 0 Å². The molecule has 0 aromatic carbocycles. The van der Waals surface area contributed by atoms with Gasteiger partial charge in [-0.1, -0.05) is 13.8 Å². The van der Waals surface area contributed by atoms with Crippen molar-refractivity contribution in [1.82, 2.24) is 15.1 Å². The molecule has 0 saturated carbocycles. The first-order valence-electron chi connectivity index (χ1n) is 6.42. The van der Waals surface area contributed by atoms with Gasteiger partial charge in [0.25, 0.3) is 0 Å². The normalized spacial score (nSPS) is 12.4. The summed E-state index contributed by atoms with van der Waals surface area (Å²) in [7, 11) is 2.01. The summed E-state index contributed by atoms with van der Waals surface area (Å²) in [6.07, 6.45) is 9.25. The molecule has 1 atom stereocenters. The first-order chi connectivity index (χ1) is 8.22. The molecule has 1 N–H and O–H groups in total. The number of hydrogen-bond acceptors (Lipinski definition) is 2. The number of unbranched alkanes of at least 4 members (excludes halogenated alkanes) is 1. The fourth-order valence-electron chi connectivity index (χ4n) is 2.05. The van der Waals surface area contributed by atoms with Gasteiger partial charge in [-0.15, -0.1) is 12.3 Å². The number of nitrogens with one attached hydrogen (secondary N) is 1. The first-order valence-corrected chi connectivity index (χ1v) is 6.42. The summed E-state index contributed by atoms with van der Waals surface area (Å²) >= 11 is 0. The minimum atomic E-state index is 0.367. The number of aromatic nitrogens is 2. The maximum atomic E-state index is 5.29. The molecule has 17 heavy (non-hydrogen) atoms. The molecular weight excluding hydrogens is 210 g/mol. The minimum Gasteiger partial charge on any atom is -0.309 e. The molecule has 94 valence electrons. The van der Waals surface area contributed by atoms with Crippen LogP contribution in [0.1, 0.15) is 50.5 Å².